The molecule has 0 heterocycles. The van der Waals surface area contributed by atoms with Gasteiger partial charge >= 0.3 is 13.8 Å². The molecule has 0 aromatic rings. The van der Waals surface area contributed by atoms with E-state index in [1.807, 2.05) is 0 Å². The first kappa shape index (κ1) is 26.7. The van der Waals surface area contributed by atoms with Crippen molar-refractivity contribution in [1.82, 2.24) is 0 Å². The summed E-state index contributed by atoms with van der Waals surface area (Å²) in [5.41, 5.74) is 5.38. The summed E-state index contributed by atoms with van der Waals surface area (Å²) < 4.78 is 14.4. The van der Waals surface area contributed by atoms with Crippen molar-refractivity contribution in [2.75, 3.05) is 0 Å². The lowest BCUT2D eigenvalue weighted by molar-refractivity contribution is -0.317. The highest BCUT2D eigenvalue weighted by Gasteiger charge is 2.42. The van der Waals surface area contributed by atoms with Crippen molar-refractivity contribution in [1.29, 1.82) is 0 Å². The molecule has 0 bridgehead atoms. The molecular weight excluding hydrogens is 373 g/mol. The van der Waals surface area contributed by atoms with E-state index in [1.165, 1.54) is 57.4 Å². The highest BCUT2D eigenvalue weighted by molar-refractivity contribution is 7.46. The van der Waals surface area contributed by atoms with Crippen LogP contribution in [0.3, 0.4) is 0 Å². The van der Waals surface area contributed by atoms with E-state index in [-0.39, 0.29) is 0 Å². The molecule has 0 saturated heterocycles. The summed E-state index contributed by atoms with van der Waals surface area (Å²) in [6.07, 6.45) is 15.7. The van der Waals surface area contributed by atoms with Crippen molar-refractivity contribution < 1.29 is 34.2 Å². The van der Waals surface area contributed by atoms with Gasteiger partial charge in [-0.2, -0.15) is 0 Å². The lowest BCUT2D eigenvalue weighted by Crippen LogP contribution is -2.55. The number of hydrogen-bond acceptors (Lipinski definition) is 6. The first-order valence-electron chi connectivity index (χ1n) is 9.91. The molecule has 0 amide bonds. The second-order valence-electron chi connectivity index (χ2n) is 7.01. The number of phosphoric ester groups is 1. The molecule has 0 rings (SSSR count). The zero-order valence-electron chi connectivity index (χ0n) is 16.4. The number of allylic oxidation sites excluding steroid dienone is 1. The molecule has 0 aliphatic heterocycles. The summed E-state index contributed by atoms with van der Waals surface area (Å²) in [4.78, 5) is 17.2. The predicted molar refractivity (Wildman–Crippen MR) is 104 cm³/mol. The molecule has 2 atom stereocenters. The average Bonchev–Trinajstić information content (AvgIpc) is 2.56. The molecule has 162 valence electrons. The maximum atomic E-state index is 10.7. The molecule has 0 aliphatic carbocycles. The Morgan fingerprint density at radius 1 is 0.963 bits per heavy atom. The summed E-state index contributed by atoms with van der Waals surface area (Å²) in [6, 6.07) is -1.82. The van der Waals surface area contributed by atoms with Gasteiger partial charge in [0.1, 0.15) is 6.04 Å². The standard InChI is InChI=1S/C18H38NO7P/c1-2-3-4-5-6-7-8-9-10-11-12-13-14-15-16(20)17(19)18(21,22)26-27(23,24)25/h14-17,20-22H,2-13,19H2,1H3,(H2,23,24,25)/t16-,17-/m1/s1. The molecule has 0 fully saturated rings. The third-order valence-corrected chi connectivity index (χ3v) is 4.87. The second-order valence-corrected chi connectivity index (χ2v) is 8.17. The van der Waals surface area contributed by atoms with E-state index in [9.17, 15) is 19.9 Å². The van der Waals surface area contributed by atoms with Gasteiger partial charge in [0.05, 0.1) is 6.10 Å². The Hall–Kier alpha value is -0.310. The van der Waals surface area contributed by atoms with E-state index < -0.39 is 25.9 Å². The molecule has 0 aromatic carbocycles. The molecule has 0 saturated carbocycles. The fraction of sp³-hybridized carbons (Fsp3) is 0.889. The number of rotatable bonds is 17. The van der Waals surface area contributed by atoms with Crippen molar-refractivity contribution in [2.24, 2.45) is 5.73 Å². The molecule has 0 radical (unpaired) electrons. The number of nitrogens with two attached hydrogens (primary N) is 1. The molecule has 0 spiro atoms. The number of unbranched alkanes of at least 4 members (excludes halogenated alkanes) is 11. The Morgan fingerprint density at radius 2 is 1.41 bits per heavy atom. The van der Waals surface area contributed by atoms with Gasteiger partial charge in [-0.3, -0.25) is 0 Å². The average molecular weight is 411 g/mol. The molecular formula is C18H38NO7P. The van der Waals surface area contributed by atoms with Crippen molar-refractivity contribution in [3.8, 4) is 0 Å². The van der Waals surface area contributed by atoms with E-state index in [4.69, 9.17) is 15.5 Å². The topological polar surface area (TPSA) is 153 Å². The minimum absolute atomic E-state index is 0.698. The Morgan fingerprint density at radius 3 is 1.85 bits per heavy atom. The lowest BCUT2D eigenvalue weighted by Gasteiger charge is -2.29. The minimum atomic E-state index is -5.16. The zero-order valence-corrected chi connectivity index (χ0v) is 17.3. The van der Waals surface area contributed by atoms with Crippen LogP contribution in [0, 0.1) is 0 Å². The Kier molecular flexibility index (Phi) is 14.5. The van der Waals surface area contributed by atoms with E-state index in [2.05, 4.69) is 11.4 Å². The van der Waals surface area contributed by atoms with Crippen LogP contribution < -0.4 is 5.73 Å². The first-order valence-corrected chi connectivity index (χ1v) is 11.4. The Labute approximate surface area is 162 Å². The van der Waals surface area contributed by atoms with Gasteiger partial charge in [0.2, 0.25) is 0 Å². The molecule has 7 N–H and O–H groups in total. The van der Waals surface area contributed by atoms with E-state index >= 15 is 0 Å². The smallest absolute Gasteiger partial charge is 0.387 e. The normalized spacial score (nSPS) is 15.4. The summed E-state index contributed by atoms with van der Waals surface area (Å²) in [5.74, 6) is -3.33. The predicted octanol–water partition coefficient (Wildman–Crippen LogP) is 2.68. The van der Waals surface area contributed by atoms with Crippen LogP contribution in [-0.4, -0.2) is 43.2 Å². The number of aliphatic hydroxyl groups excluding tert-OH is 1. The minimum Gasteiger partial charge on any atom is -0.387 e. The van der Waals surface area contributed by atoms with Gasteiger partial charge in [-0.15, -0.1) is 0 Å². The lowest BCUT2D eigenvalue weighted by atomic mass is 10.0. The van der Waals surface area contributed by atoms with Gasteiger partial charge in [-0.05, 0) is 12.8 Å². The third-order valence-electron chi connectivity index (χ3n) is 4.36. The van der Waals surface area contributed by atoms with Crippen molar-refractivity contribution in [2.45, 2.75) is 102 Å². The van der Waals surface area contributed by atoms with Crippen LogP contribution in [0.2, 0.25) is 0 Å². The molecule has 0 aromatic heterocycles. The molecule has 9 heteroatoms. The van der Waals surface area contributed by atoms with Gasteiger partial charge in [-0.1, -0.05) is 83.3 Å². The highest BCUT2D eigenvalue weighted by Crippen LogP contribution is 2.40. The van der Waals surface area contributed by atoms with Crippen LogP contribution in [0.1, 0.15) is 84.0 Å². The van der Waals surface area contributed by atoms with Gasteiger partial charge < -0.3 is 30.8 Å². The maximum absolute atomic E-state index is 10.7. The third kappa shape index (κ3) is 15.3. The summed E-state index contributed by atoms with van der Waals surface area (Å²) >= 11 is 0. The van der Waals surface area contributed by atoms with E-state index in [0.717, 1.165) is 19.3 Å². The van der Waals surface area contributed by atoms with E-state index in [1.54, 1.807) is 6.08 Å². The Balaban J connectivity index is 3.77. The first-order chi connectivity index (χ1) is 12.6. The SMILES string of the molecule is CCCCCCCCCCCCCC=C[C@@H](O)[C@@H](N)C(O)(O)OP(=O)(O)O. The molecule has 0 aliphatic rings. The fourth-order valence-electron chi connectivity index (χ4n) is 2.74. The maximum Gasteiger partial charge on any atom is 0.474 e. The van der Waals surface area contributed by atoms with Crippen molar-refractivity contribution in [3.05, 3.63) is 12.2 Å². The van der Waals surface area contributed by atoms with Crippen molar-refractivity contribution >= 4 is 7.82 Å². The largest absolute Gasteiger partial charge is 0.474 e. The molecule has 8 nitrogen and oxygen atoms in total. The van der Waals surface area contributed by atoms with Crippen LogP contribution in [-0.2, 0) is 9.09 Å². The van der Waals surface area contributed by atoms with Crippen LogP contribution in [0.25, 0.3) is 0 Å². The van der Waals surface area contributed by atoms with Crippen LogP contribution in [0.15, 0.2) is 12.2 Å². The fourth-order valence-corrected chi connectivity index (χ4v) is 3.21. The molecule has 27 heavy (non-hydrogen) atoms. The highest BCUT2D eigenvalue weighted by atomic mass is 31.2. The summed E-state index contributed by atoms with van der Waals surface area (Å²) in [7, 11) is -5.16. The van der Waals surface area contributed by atoms with Crippen LogP contribution in [0.4, 0.5) is 0 Å². The van der Waals surface area contributed by atoms with Gasteiger partial charge in [-0.25, -0.2) is 9.09 Å². The van der Waals surface area contributed by atoms with Crippen molar-refractivity contribution in [3.63, 3.8) is 0 Å². The second kappa shape index (κ2) is 14.7. The van der Waals surface area contributed by atoms with Gasteiger partial charge in [0.25, 0.3) is 0 Å². The van der Waals surface area contributed by atoms with E-state index in [0.29, 0.717) is 6.42 Å². The van der Waals surface area contributed by atoms with Gasteiger partial charge in [0, 0.05) is 0 Å². The van der Waals surface area contributed by atoms with Crippen LogP contribution in [0.5, 0.6) is 0 Å². The van der Waals surface area contributed by atoms with Gasteiger partial charge in [0.15, 0.2) is 0 Å². The number of hydrogen-bond donors (Lipinski definition) is 6. The Bertz CT molecular complexity index is 439. The van der Waals surface area contributed by atoms with Crippen LogP contribution >= 0.6 is 7.82 Å². The monoisotopic (exact) mass is 411 g/mol. The zero-order chi connectivity index (χ0) is 20.8. The quantitative estimate of drug-likeness (QED) is 0.0924. The summed E-state index contributed by atoms with van der Waals surface area (Å²) in [5, 5.41) is 28.6. The number of phosphoric acid groups is 1. The molecule has 0 unspecified atom stereocenters. The number of aliphatic hydroxyl groups is 3. The summed E-state index contributed by atoms with van der Waals surface area (Å²) in [6.45, 7) is 2.22.